The molecule has 2 aromatic heterocycles. The number of rotatable bonds is 10. The number of amides is 1. The summed E-state index contributed by atoms with van der Waals surface area (Å²) in [6, 6.07) is 7.42. The van der Waals surface area contributed by atoms with E-state index in [2.05, 4.69) is 31.3 Å². The number of ether oxygens (including phenoxy) is 2. The quantitative estimate of drug-likeness (QED) is 0.381. The molecule has 0 atom stereocenters. The molecule has 39 heavy (non-hydrogen) atoms. The predicted molar refractivity (Wildman–Crippen MR) is 148 cm³/mol. The Bertz CT molecular complexity index is 1370. The molecule has 0 unspecified atom stereocenters. The Morgan fingerprint density at radius 2 is 2.03 bits per heavy atom. The topological polar surface area (TPSA) is 124 Å². The van der Waals surface area contributed by atoms with Crippen LogP contribution in [0.3, 0.4) is 0 Å². The second-order valence-corrected chi connectivity index (χ2v) is 10.2. The molecule has 1 aromatic carbocycles. The van der Waals surface area contributed by atoms with E-state index in [1.54, 1.807) is 19.5 Å². The molecule has 3 fully saturated rings. The normalized spacial score (nSPS) is 18.1. The molecular weight excluding hydrogens is 496 g/mol. The molecular formula is C28H34N8O3. The first-order valence-corrected chi connectivity index (χ1v) is 13.5. The monoisotopic (exact) mass is 530 g/mol. The Morgan fingerprint density at radius 3 is 2.72 bits per heavy atom. The van der Waals surface area contributed by atoms with Gasteiger partial charge in [-0.1, -0.05) is 0 Å². The van der Waals surface area contributed by atoms with Gasteiger partial charge in [0.15, 0.2) is 5.82 Å². The summed E-state index contributed by atoms with van der Waals surface area (Å²) in [7, 11) is 1.62. The number of likely N-dealkylation sites (tertiary alicyclic amines) is 1. The van der Waals surface area contributed by atoms with Crippen LogP contribution in [0.5, 0.6) is 5.75 Å². The number of benzene rings is 1. The molecule has 0 spiro atoms. The van der Waals surface area contributed by atoms with Crippen LogP contribution in [0.2, 0.25) is 0 Å². The van der Waals surface area contributed by atoms with E-state index in [1.807, 2.05) is 28.9 Å². The fourth-order valence-corrected chi connectivity index (χ4v) is 5.04. The van der Waals surface area contributed by atoms with Crippen molar-refractivity contribution >= 4 is 23.1 Å². The summed E-state index contributed by atoms with van der Waals surface area (Å²) in [6.07, 6.45) is 9.00. The number of hydrogen-bond donors (Lipinski definition) is 2. The molecule has 4 heterocycles. The molecule has 2 saturated heterocycles. The third kappa shape index (κ3) is 5.59. The van der Waals surface area contributed by atoms with Crippen LogP contribution < -0.4 is 20.7 Å². The average Bonchev–Trinajstić information content (AvgIpc) is 3.70. The molecule has 6 rings (SSSR count). The first kappa shape index (κ1) is 25.3. The van der Waals surface area contributed by atoms with Crippen LogP contribution in [0.1, 0.15) is 42.0 Å². The van der Waals surface area contributed by atoms with Crippen LogP contribution in [0, 0.1) is 0 Å². The highest BCUT2D eigenvalue weighted by Crippen LogP contribution is 2.41. The van der Waals surface area contributed by atoms with Crippen molar-refractivity contribution in [2.24, 2.45) is 5.73 Å². The standard InChI is InChI=1S/C28H34N8O3/c1-38-21-5-6-22(24(15-21)35-11-13-39-14-12-35)23(27(29)37)16-31-28-30-8-7-25(32-28)36-18-20(17-34-9-2-10-34)26(33-36)19-3-4-19/h5-8,15-16,18-19H,2-4,9-14,17H2,1H3,(H2,29,37)(H,30,31,32). The van der Waals surface area contributed by atoms with Gasteiger partial charge in [0.05, 0.1) is 31.6 Å². The van der Waals surface area contributed by atoms with E-state index in [4.69, 9.17) is 20.3 Å². The number of nitrogens with two attached hydrogens (primary N) is 1. The smallest absolute Gasteiger partial charge is 0.250 e. The summed E-state index contributed by atoms with van der Waals surface area (Å²) >= 11 is 0. The summed E-state index contributed by atoms with van der Waals surface area (Å²) in [6.45, 7) is 5.86. The van der Waals surface area contributed by atoms with E-state index in [-0.39, 0.29) is 0 Å². The summed E-state index contributed by atoms with van der Waals surface area (Å²) < 4.78 is 12.8. The first-order valence-electron chi connectivity index (χ1n) is 13.5. The number of methoxy groups -OCH3 is 1. The van der Waals surface area contributed by atoms with E-state index < -0.39 is 5.91 Å². The van der Waals surface area contributed by atoms with Crippen molar-refractivity contribution in [1.82, 2.24) is 24.6 Å². The highest BCUT2D eigenvalue weighted by Gasteiger charge is 2.30. The lowest BCUT2D eigenvalue weighted by atomic mass is 10.0. The van der Waals surface area contributed by atoms with Crippen LogP contribution in [0.15, 0.2) is 42.9 Å². The summed E-state index contributed by atoms with van der Waals surface area (Å²) in [5.74, 6) is 1.70. The van der Waals surface area contributed by atoms with E-state index in [1.165, 1.54) is 30.5 Å². The van der Waals surface area contributed by atoms with Gasteiger partial charge in [-0.15, -0.1) is 0 Å². The molecule has 3 aromatic rings. The number of nitrogens with one attached hydrogen (secondary N) is 1. The molecule has 3 aliphatic rings. The van der Waals surface area contributed by atoms with E-state index in [0.717, 1.165) is 25.3 Å². The Balaban J connectivity index is 1.27. The molecule has 0 radical (unpaired) electrons. The second-order valence-electron chi connectivity index (χ2n) is 10.2. The van der Waals surface area contributed by atoms with Gasteiger partial charge in [0.1, 0.15) is 5.75 Å². The maximum absolute atomic E-state index is 12.6. The molecule has 11 nitrogen and oxygen atoms in total. The van der Waals surface area contributed by atoms with Crippen molar-refractivity contribution < 1.29 is 14.3 Å². The van der Waals surface area contributed by atoms with Gasteiger partial charge < -0.3 is 25.4 Å². The van der Waals surface area contributed by atoms with E-state index >= 15 is 0 Å². The van der Waals surface area contributed by atoms with Gasteiger partial charge >= 0.3 is 0 Å². The first-order chi connectivity index (χ1) is 19.1. The van der Waals surface area contributed by atoms with Crippen LogP contribution in [0.25, 0.3) is 11.4 Å². The Kier molecular flexibility index (Phi) is 7.16. The number of hydrogen-bond acceptors (Lipinski definition) is 9. The molecule has 204 valence electrons. The lowest BCUT2D eigenvalue weighted by Gasteiger charge is -2.31. The number of morpholine rings is 1. The van der Waals surface area contributed by atoms with Crippen molar-refractivity contribution in [2.45, 2.75) is 31.7 Å². The molecule has 1 saturated carbocycles. The minimum absolute atomic E-state index is 0.320. The van der Waals surface area contributed by atoms with Crippen LogP contribution >= 0.6 is 0 Å². The SMILES string of the molecule is COc1ccc(C(=CNc2nccc(-n3cc(CN4CCC4)c(C4CC4)n3)n2)C(N)=O)c(N2CCOCC2)c1. The summed E-state index contributed by atoms with van der Waals surface area (Å²) in [5, 5.41) is 7.99. The van der Waals surface area contributed by atoms with Gasteiger partial charge in [-0.2, -0.15) is 10.1 Å². The van der Waals surface area contributed by atoms with Crippen molar-refractivity contribution in [3.8, 4) is 11.6 Å². The largest absolute Gasteiger partial charge is 0.497 e. The lowest BCUT2D eigenvalue weighted by molar-refractivity contribution is -0.112. The van der Waals surface area contributed by atoms with E-state index in [9.17, 15) is 4.79 Å². The molecule has 1 aliphatic carbocycles. The van der Waals surface area contributed by atoms with Gasteiger partial charge in [0.25, 0.3) is 5.91 Å². The van der Waals surface area contributed by atoms with Crippen molar-refractivity contribution in [1.29, 1.82) is 0 Å². The van der Waals surface area contributed by atoms with Crippen molar-refractivity contribution in [2.75, 3.05) is 56.7 Å². The fraction of sp³-hybridized carbons (Fsp3) is 0.429. The average molecular weight is 531 g/mol. The van der Waals surface area contributed by atoms with Gasteiger partial charge in [-0.05, 0) is 44.5 Å². The van der Waals surface area contributed by atoms with Gasteiger partial charge in [-0.25, -0.2) is 9.67 Å². The number of carbonyl (C=O) groups is 1. The zero-order valence-electron chi connectivity index (χ0n) is 22.2. The Labute approximate surface area is 227 Å². The highest BCUT2D eigenvalue weighted by atomic mass is 16.5. The zero-order valence-corrected chi connectivity index (χ0v) is 22.2. The summed E-state index contributed by atoms with van der Waals surface area (Å²) in [4.78, 5) is 26.3. The number of anilines is 2. The molecule has 2 aliphatic heterocycles. The van der Waals surface area contributed by atoms with Crippen molar-refractivity contribution in [3.63, 3.8) is 0 Å². The minimum Gasteiger partial charge on any atom is -0.497 e. The third-order valence-corrected chi connectivity index (χ3v) is 7.46. The Hall–Kier alpha value is -3.96. The number of carbonyl (C=O) groups excluding carboxylic acids is 1. The number of primary amides is 1. The highest BCUT2D eigenvalue weighted by molar-refractivity contribution is 6.20. The fourth-order valence-electron chi connectivity index (χ4n) is 5.04. The zero-order chi connectivity index (χ0) is 26.8. The van der Waals surface area contributed by atoms with Gasteiger partial charge in [-0.3, -0.25) is 9.69 Å². The Morgan fingerprint density at radius 1 is 1.21 bits per heavy atom. The third-order valence-electron chi connectivity index (χ3n) is 7.46. The lowest BCUT2D eigenvalue weighted by Crippen LogP contribution is -2.37. The molecule has 1 amide bonds. The predicted octanol–water partition coefficient (Wildman–Crippen LogP) is 2.53. The van der Waals surface area contributed by atoms with Crippen molar-refractivity contribution in [3.05, 3.63) is 59.7 Å². The van der Waals surface area contributed by atoms with Gasteiger partial charge in [0.2, 0.25) is 5.95 Å². The maximum atomic E-state index is 12.6. The molecule has 11 heteroatoms. The number of nitrogens with zero attached hydrogens (tertiary/aromatic N) is 6. The van der Waals surface area contributed by atoms with Crippen LogP contribution in [-0.2, 0) is 16.1 Å². The summed E-state index contributed by atoms with van der Waals surface area (Å²) in [5.41, 5.74) is 10.2. The van der Waals surface area contributed by atoms with E-state index in [0.29, 0.717) is 60.9 Å². The van der Waals surface area contributed by atoms with Gasteiger partial charge in [0, 0.05) is 73.1 Å². The molecule has 0 bridgehead atoms. The second kappa shape index (κ2) is 11.0. The number of aromatic nitrogens is 4. The molecule has 3 N–H and O–H groups in total. The minimum atomic E-state index is -0.560. The maximum Gasteiger partial charge on any atom is 0.250 e. The van der Waals surface area contributed by atoms with Crippen LogP contribution in [-0.4, -0.2) is 77.1 Å². The van der Waals surface area contributed by atoms with Crippen LogP contribution in [0.4, 0.5) is 11.6 Å².